The van der Waals surface area contributed by atoms with Gasteiger partial charge >= 0.3 is 0 Å². The van der Waals surface area contributed by atoms with Gasteiger partial charge in [-0.25, -0.2) is 0 Å². The summed E-state index contributed by atoms with van der Waals surface area (Å²) in [5.74, 6) is 6.02. The van der Waals surface area contributed by atoms with Gasteiger partial charge in [0.1, 0.15) is 0 Å². The number of benzene rings is 3. The van der Waals surface area contributed by atoms with Crippen LogP contribution in [0.1, 0.15) is 30.0 Å². The number of aryl methyl sites for hydroxylation is 2. The molecule has 0 amide bonds. The molecule has 29 heavy (non-hydrogen) atoms. The Kier molecular flexibility index (Phi) is 6.87. The molecule has 0 fully saturated rings. The standard InChI is InChI=1S/C25H24O3S/c1-3-21-9-13-23(14-10-21)24-15-11-22(12-16-24)6-4-5-19-28-29(26,27)25-17-7-20(2)8-18-25/h7-18H,3,5,19H2,1-2H3. The molecule has 3 aromatic carbocycles. The Hall–Kier alpha value is -2.87. The third-order valence-corrected chi connectivity index (χ3v) is 5.91. The molecule has 0 spiro atoms. The molecule has 3 rings (SSSR count). The fraction of sp³-hybridized carbons (Fsp3) is 0.200. The Balaban J connectivity index is 1.54. The van der Waals surface area contributed by atoms with Gasteiger partial charge in [0.15, 0.2) is 0 Å². The molecule has 4 heteroatoms. The zero-order valence-electron chi connectivity index (χ0n) is 16.7. The zero-order valence-corrected chi connectivity index (χ0v) is 17.5. The predicted molar refractivity (Wildman–Crippen MR) is 117 cm³/mol. The van der Waals surface area contributed by atoms with Gasteiger partial charge in [-0.05, 0) is 54.3 Å². The van der Waals surface area contributed by atoms with Crippen molar-refractivity contribution in [2.45, 2.75) is 31.6 Å². The summed E-state index contributed by atoms with van der Waals surface area (Å²) in [5.41, 5.74) is 5.53. The summed E-state index contributed by atoms with van der Waals surface area (Å²) in [5, 5.41) is 0. The van der Waals surface area contributed by atoms with Crippen LogP contribution in [0.2, 0.25) is 0 Å². The van der Waals surface area contributed by atoms with Crippen LogP contribution in [-0.2, 0) is 20.7 Å². The molecule has 0 radical (unpaired) electrons. The lowest BCUT2D eigenvalue weighted by Gasteiger charge is -2.04. The van der Waals surface area contributed by atoms with Crippen LogP contribution in [-0.4, -0.2) is 15.0 Å². The maximum atomic E-state index is 12.1. The minimum Gasteiger partial charge on any atom is -0.265 e. The average Bonchev–Trinajstić information content (AvgIpc) is 2.74. The van der Waals surface area contributed by atoms with Crippen LogP contribution in [0.5, 0.6) is 0 Å². The van der Waals surface area contributed by atoms with Crippen molar-refractivity contribution in [3.8, 4) is 23.0 Å². The fourth-order valence-corrected chi connectivity index (χ4v) is 3.73. The first-order valence-corrected chi connectivity index (χ1v) is 11.0. The van der Waals surface area contributed by atoms with Gasteiger partial charge in [-0.1, -0.05) is 72.9 Å². The summed E-state index contributed by atoms with van der Waals surface area (Å²) in [7, 11) is -3.73. The molecule has 3 nitrogen and oxygen atoms in total. The third-order valence-electron chi connectivity index (χ3n) is 4.59. The molecule has 0 unspecified atom stereocenters. The maximum absolute atomic E-state index is 12.1. The summed E-state index contributed by atoms with van der Waals surface area (Å²) in [4.78, 5) is 0.165. The molecule has 0 aliphatic rings. The largest absolute Gasteiger partial charge is 0.297 e. The molecular weight excluding hydrogens is 380 g/mol. The van der Waals surface area contributed by atoms with Crippen molar-refractivity contribution in [1.82, 2.24) is 0 Å². The Bertz CT molecular complexity index is 1100. The number of hydrogen-bond donors (Lipinski definition) is 0. The minimum absolute atomic E-state index is 0.0328. The molecule has 0 heterocycles. The van der Waals surface area contributed by atoms with Crippen molar-refractivity contribution in [3.05, 3.63) is 89.5 Å². The van der Waals surface area contributed by atoms with E-state index < -0.39 is 10.1 Å². The molecule has 3 aromatic rings. The van der Waals surface area contributed by atoms with E-state index in [0.29, 0.717) is 6.42 Å². The van der Waals surface area contributed by atoms with Crippen LogP contribution in [0.15, 0.2) is 77.7 Å². The lowest BCUT2D eigenvalue weighted by Crippen LogP contribution is -2.07. The molecule has 0 aliphatic heterocycles. The van der Waals surface area contributed by atoms with E-state index in [1.54, 1.807) is 24.3 Å². The van der Waals surface area contributed by atoms with E-state index in [2.05, 4.69) is 43.0 Å². The van der Waals surface area contributed by atoms with Gasteiger partial charge in [0, 0.05) is 12.0 Å². The quantitative estimate of drug-likeness (QED) is 0.315. The zero-order chi connectivity index (χ0) is 20.7. The van der Waals surface area contributed by atoms with Crippen LogP contribution in [0, 0.1) is 18.8 Å². The predicted octanol–water partition coefficient (Wildman–Crippen LogP) is 5.37. The van der Waals surface area contributed by atoms with Gasteiger partial charge in [-0.2, -0.15) is 8.42 Å². The average molecular weight is 405 g/mol. The van der Waals surface area contributed by atoms with E-state index in [1.165, 1.54) is 11.1 Å². The highest BCUT2D eigenvalue weighted by molar-refractivity contribution is 7.86. The molecule has 0 bridgehead atoms. The van der Waals surface area contributed by atoms with E-state index >= 15 is 0 Å². The van der Waals surface area contributed by atoms with Crippen molar-refractivity contribution < 1.29 is 12.6 Å². The number of hydrogen-bond acceptors (Lipinski definition) is 3. The highest BCUT2D eigenvalue weighted by Gasteiger charge is 2.13. The van der Waals surface area contributed by atoms with Gasteiger partial charge < -0.3 is 0 Å². The van der Waals surface area contributed by atoms with E-state index in [1.807, 2.05) is 31.2 Å². The normalized spacial score (nSPS) is 11.0. The second-order valence-corrected chi connectivity index (χ2v) is 8.38. The van der Waals surface area contributed by atoms with E-state index in [-0.39, 0.29) is 11.5 Å². The summed E-state index contributed by atoms with van der Waals surface area (Å²) < 4.78 is 29.3. The van der Waals surface area contributed by atoms with Crippen LogP contribution in [0.25, 0.3) is 11.1 Å². The Morgan fingerprint density at radius 2 is 1.41 bits per heavy atom. The minimum atomic E-state index is -3.73. The van der Waals surface area contributed by atoms with Gasteiger partial charge in [-0.15, -0.1) is 0 Å². The van der Waals surface area contributed by atoms with Crippen molar-refractivity contribution in [3.63, 3.8) is 0 Å². The molecule has 0 aromatic heterocycles. The Morgan fingerprint density at radius 1 is 0.828 bits per heavy atom. The Labute approximate surface area is 173 Å². The van der Waals surface area contributed by atoms with E-state index in [0.717, 1.165) is 23.1 Å². The lowest BCUT2D eigenvalue weighted by atomic mass is 10.0. The fourth-order valence-electron chi connectivity index (χ4n) is 2.82. The molecule has 0 saturated heterocycles. The van der Waals surface area contributed by atoms with Gasteiger partial charge in [0.05, 0.1) is 11.5 Å². The summed E-state index contributed by atoms with van der Waals surface area (Å²) in [6.45, 7) is 4.08. The van der Waals surface area contributed by atoms with Crippen molar-refractivity contribution in [2.75, 3.05) is 6.61 Å². The topological polar surface area (TPSA) is 43.4 Å². The third kappa shape index (κ3) is 5.80. The number of rotatable bonds is 6. The van der Waals surface area contributed by atoms with Crippen molar-refractivity contribution in [2.24, 2.45) is 0 Å². The van der Waals surface area contributed by atoms with E-state index in [9.17, 15) is 8.42 Å². The highest BCUT2D eigenvalue weighted by atomic mass is 32.2. The van der Waals surface area contributed by atoms with Crippen LogP contribution in [0.3, 0.4) is 0 Å². The summed E-state index contributed by atoms with van der Waals surface area (Å²) in [6.07, 6.45) is 1.37. The van der Waals surface area contributed by atoms with Gasteiger partial charge in [0.2, 0.25) is 0 Å². The maximum Gasteiger partial charge on any atom is 0.297 e. The summed E-state index contributed by atoms with van der Waals surface area (Å²) >= 11 is 0. The Morgan fingerprint density at radius 3 is 2.00 bits per heavy atom. The van der Waals surface area contributed by atoms with Crippen molar-refractivity contribution >= 4 is 10.1 Å². The van der Waals surface area contributed by atoms with Gasteiger partial charge in [0.25, 0.3) is 10.1 Å². The molecule has 148 valence electrons. The lowest BCUT2D eigenvalue weighted by molar-refractivity contribution is 0.326. The second-order valence-electron chi connectivity index (χ2n) is 6.77. The SMILES string of the molecule is CCc1ccc(-c2ccc(C#CCCOS(=O)(=O)c3ccc(C)cc3)cc2)cc1. The monoisotopic (exact) mass is 404 g/mol. The second kappa shape index (κ2) is 9.56. The van der Waals surface area contributed by atoms with Gasteiger partial charge in [-0.3, -0.25) is 4.18 Å². The highest BCUT2D eigenvalue weighted by Crippen LogP contribution is 2.20. The molecular formula is C25H24O3S. The van der Waals surface area contributed by atoms with Crippen LogP contribution < -0.4 is 0 Å². The summed E-state index contributed by atoms with van der Waals surface area (Å²) in [6, 6.07) is 23.2. The smallest absolute Gasteiger partial charge is 0.265 e. The van der Waals surface area contributed by atoms with Crippen molar-refractivity contribution in [1.29, 1.82) is 0 Å². The molecule has 0 N–H and O–H groups in total. The van der Waals surface area contributed by atoms with Crippen LogP contribution in [0.4, 0.5) is 0 Å². The molecule has 0 saturated carbocycles. The first-order chi connectivity index (χ1) is 14.0. The molecule has 0 atom stereocenters. The van der Waals surface area contributed by atoms with Crippen LogP contribution >= 0.6 is 0 Å². The first kappa shape index (κ1) is 20.9. The first-order valence-electron chi connectivity index (χ1n) is 9.62. The van der Waals surface area contributed by atoms with E-state index in [4.69, 9.17) is 4.18 Å². The molecule has 0 aliphatic carbocycles.